The van der Waals surface area contributed by atoms with Crippen LogP contribution in [0.15, 0.2) is 41.1 Å². The van der Waals surface area contributed by atoms with E-state index in [9.17, 15) is 14.3 Å². The van der Waals surface area contributed by atoms with Gasteiger partial charge in [0.05, 0.1) is 31.9 Å². The Morgan fingerprint density at radius 2 is 2.03 bits per heavy atom. The minimum Gasteiger partial charge on any atom is -0.487 e. The van der Waals surface area contributed by atoms with Crippen molar-refractivity contribution in [3.8, 4) is 28.7 Å². The van der Waals surface area contributed by atoms with Crippen molar-refractivity contribution in [3.05, 3.63) is 53.6 Å². The second-order valence-corrected chi connectivity index (χ2v) is 11.1. The molecule has 0 spiro atoms. The van der Waals surface area contributed by atoms with Crippen molar-refractivity contribution in [2.45, 2.75) is 58.5 Å². The number of ether oxygens (including phenoxy) is 3. The molecular weight excluding hydrogens is 491 g/mol. The molecule has 2 saturated carbocycles. The molecule has 1 aromatic carbocycles. The highest BCUT2D eigenvalue weighted by Crippen LogP contribution is 2.46. The van der Waals surface area contributed by atoms with Crippen LogP contribution in [-0.2, 0) is 11.4 Å². The van der Waals surface area contributed by atoms with E-state index in [1.54, 1.807) is 0 Å². The molecule has 0 unspecified atom stereocenters. The second-order valence-electron chi connectivity index (χ2n) is 11.1. The smallest absolute Gasteiger partial charge is 0.303 e. The summed E-state index contributed by atoms with van der Waals surface area (Å²) in [5, 5.41) is 13.5. The molecular formula is C29H33FN2O6. The van der Waals surface area contributed by atoms with E-state index in [1.165, 1.54) is 13.2 Å². The summed E-state index contributed by atoms with van der Waals surface area (Å²) < 4.78 is 37.7. The number of pyridine rings is 1. The number of hydrogen-bond donors (Lipinski definition) is 1. The summed E-state index contributed by atoms with van der Waals surface area (Å²) in [4.78, 5) is 15.3. The minimum atomic E-state index is -0.806. The van der Waals surface area contributed by atoms with Crippen LogP contribution < -0.4 is 14.2 Å². The Balaban J connectivity index is 1.37. The maximum atomic E-state index is 14.8. The van der Waals surface area contributed by atoms with Crippen LogP contribution in [0.2, 0.25) is 0 Å². The number of rotatable bonds is 12. The third kappa shape index (κ3) is 5.92. The summed E-state index contributed by atoms with van der Waals surface area (Å²) in [6, 6.07) is 8.96. The maximum absolute atomic E-state index is 14.8. The molecule has 0 amide bonds. The number of carboxylic acid groups (broad SMARTS) is 1. The average Bonchev–Trinajstić information content (AvgIpc) is 3.64. The zero-order valence-electron chi connectivity index (χ0n) is 21.9. The zero-order chi connectivity index (χ0) is 26.9. The van der Waals surface area contributed by atoms with Gasteiger partial charge in [0.1, 0.15) is 12.4 Å². The SMILES string of the molecule is COc1cc(-c2onc(COc3cccc([C@@H](CC(=O)O)C4CC4)c3)c2OCC2CC(C)(C)C2)c(F)cn1. The normalized spacial score (nSPS) is 17.5. The summed E-state index contributed by atoms with van der Waals surface area (Å²) >= 11 is 0. The molecule has 0 radical (unpaired) electrons. The number of benzene rings is 1. The van der Waals surface area contributed by atoms with Gasteiger partial charge in [0.25, 0.3) is 0 Å². The first-order valence-corrected chi connectivity index (χ1v) is 13.0. The maximum Gasteiger partial charge on any atom is 0.303 e. The lowest BCUT2D eigenvalue weighted by molar-refractivity contribution is -0.137. The molecule has 2 aliphatic carbocycles. The van der Waals surface area contributed by atoms with Crippen LogP contribution in [0.3, 0.4) is 0 Å². The molecule has 1 N–H and O–H groups in total. The standard InChI is InChI=1S/C29H33FN2O6/c1-29(2)12-17(13-29)15-37-28-24(32-38-27(28)22-10-25(35-3)31-14-23(22)30)16-36-20-6-4-5-19(9-20)21(11-26(33)34)18-7-8-18/h4-6,9-10,14,17-18,21H,7-8,11-13,15-16H2,1-3H3,(H,33,34)/t21-/m0/s1. The van der Waals surface area contributed by atoms with Crippen LogP contribution in [0.5, 0.6) is 17.4 Å². The summed E-state index contributed by atoms with van der Waals surface area (Å²) in [7, 11) is 1.46. The van der Waals surface area contributed by atoms with E-state index in [0.717, 1.165) is 37.4 Å². The number of methoxy groups -OCH3 is 1. The van der Waals surface area contributed by atoms with Gasteiger partial charge in [-0.1, -0.05) is 31.1 Å². The van der Waals surface area contributed by atoms with Crippen LogP contribution in [0.1, 0.15) is 63.1 Å². The van der Waals surface area contributed by atoms with Crippen LogP contribution in [0.25, 0.3) is 11.3 Å². The van der Waals surface area contributed by atoms with Gasteiger partial charge in [0.15, 0.2) is 17.3 Å². The fourth-order valence-electron chi connectivity index (χ4n) is 5.48. The Kier molecular flexibility index (Phi) is 7.27. The van der Waals surface area contributed by atoms with Crippen LogP contribution in [0, 0.1) is 23.1 Å². The number of carboxylic acids is 1. The molecule has 8 nitrogen and oxygen atoms in total. The fraction of sp³-hybridized carbons (Fsp3) is 0.483. The first kappa shape index (κ1) is 26.0. The van der Waals surface area contributed by atoms with E-state index in [-0.39, 0.29) is 36.1 Å². The van der Waals surface area contributed by atoms with Crippen molar-refractivity contribution < 1.29 is 33.0 Å². The Morgan fingerprint density at radius 3 is 2.71 bits per heavy atom. The lowest BCUT2D eigenvalue weighted by Gasteiger charge is -2.42. The van der Waals surface area contributed by atoms with E-state index in [1.807, 2.05) is 24.3 Å². The minimum absolute atomic E-state index is 0.0370. The Labute approximate surface area is 221 Å². The lowest BCUT2D eigenvalue weighted by Crippen LogP contribution is -2.35. The molecule has 0 saturated heterocycles. The predicted octanol–water partition coefficient (Wildman–Crippen LogP) is 6.25. The van der Waals surface area contributed by atoms with Crippen LogP contribution in [0.4, 0.5) is 4.39 Å². The Morgan fingerprint density at radius 1 is 1.24 bits per heavy atom. The molecule has 202 valence electrons. The van der Waals surface area contributed by atoms with Gasteiger partial charge in [-0.15, -0.1) is 0 Å². The van der Waals surface area contributed by atoms with E-state index in [0.29, 0.717) is 41.1 Å². The highest BCUT2D eigenvalue weighted by molar-refractivity contribution is 5.68. The summed E-state index contributed by atoms with van der Waals surface area (Å²) in [5.74, 6) is 0.680. The third-order valence-electron chi connectivity index (χ3n) is 7.39. The van der Waals surface area contributed by atoms with Crippen molar-refractivity contribution in [1.29, 1.82) is 0 Å². The number of halogens is 1. The quantitative estimate of drug-likeness (QED) is 0.297. The van der Waals surface area contributed by atoms with E-state index in [4.69, 9.17) is 18.7 Å². The van der Waals surface area contributed by atoms with Crippen molar-refractivity contribution in [1.82, 2.24) is 10.1 Å². The number of hydrogen-bond acceptors (Lipinski definition) is 7. The number of carbonyl (C=O) groups is 1. The van der Waals surface area contributed by atoms with Crippen molar-refractivity contribution in [2.75, 3.05) is 13.7 Å². The lowest BCUT2D eigenvalue weighted by atomic mass is 9.65. The number of aromatic nitrogens is 2. The van der Waals surface area contributed by atoms with Gasteiger partial charge in [0, 0.05) is 6.07 Å². The molecule has 2 fully saturated rings. The molecule has 38 heavy (non-hydrogen) atoms. The predicted molar refractivity (Wildman–Crippen MR) is 137 cm³/mol. The van der Waals surface area contributed by atoms with E-state index < -0.39 is 11.8 Å². The molecule has 1 atom stereocenters. The summed E-state index contributed by atoms with van der Waals surface area (Å²) in [5.41, 5.74) is 1.79. The molecule has 5 rings (SSSR count). The largest absolute Gasteiger partial charge is 0.487 e. The molecule has 2 heterocycles. The van der Waals surface area contributed by atoms with Crippen molar-refractivity contribution in [2.24, 2.45) is 17.3 Å². The molecule has 9 heteroatoms. The van der Waals surface area contributed by atoms with Crippen molar-refractivity contribution >= 4 is 5.97 Å². The Hall–Kier alpha value is -3.62. The molecule has 2 aromatic heterocycles. The van der Waals surface area contributed by atoms with Gasteiger partial charge < -0.3 is 23.8 Å². The second kappa shape index (κ2) is 10.6. The van der Waals surface area contributed by atoms with Crippen LogP contribution in [-0.4, -0.2) is 34.9 Å². The zero-order valence-corrected chi connectivity index (χ0v) is 21.9. The monoisotopic (exact) mass is 524 g/mol. The van der Waals surface area contributed by atoms with Gasteiger partial charge in [-0.2, -0.15) is 0 Å². The Bertz CT molecular complexity index is 1290. The van der Waals surface area contributed by atoms with Gasteiger partial charge in [-0.25, -0.2) is 9.37 Å². The van der Waals surface area contributed by atoms with E-state index >= 15 is 0 Å². The molecule has 0 aliphatic heterocycles. The van der Waals surface area contributed by atoms with Gasteiger partial charge in [0.2, 0.25) is 11.6 Å². The molecule has 2 aliphatic rings. The number of aliphatic carboxylic acids is 1. The first-order valence-electron chi connectivity index (χ1n) is 13.0. The van der Waals surface area contributed by atoms with Gasteiger partial charge >= 0.3 is 5.97 Å². The highest BCUT2D eigenvalue weighted by Gasteiger charge is 2.37. The average molecular weight is 525 g/mol. The molecule has 0 bridgehead atoms. The fourth-order valence-corrected chi connectivity index (χ4v) is 5.48. The van der Waals surface area contributed by atoms with Gasteiger partial charge in [-0.05, 0) is 66.5 Å². The van der Waals surface area contributed by atoms with Crippen molar-refractivity contribution in [3.63, 3.8) is 0 Å². The molecule has 3 aromatic rings. The number of nitrogens with zero attached hydrogens (tertiary/aromatic N) is 2. The van der Waals surface area contributed by atoms with Gasteiger partial charge in [-0.3, -0.25) is 4.79 Å². The highest BCUT2D eigenvalue weighted by atomic mass is 19.1. The van der Waals surface area contributed by atoms with Crippen LogP contribution >= 0.6 is 0 Å². The summed E-state index contributed by atoms with van der Waals surface area (Å²) in [6.45, 7) is 4.95. The van der Waals surface area contributed by atoms with E-state index in [2.05, 4.69) is 24.0 Å². The third-order valence-corrected chi connectivity index (χ3v) is 7.39. The first-order chi connectivity index (χ1) is 18.2. The summed E-state index contributed by atoms with van der Waals surface area (Å²) in [6.07, 6.45) is 5.34. The topological polar surface area (TPSA) is 104 Å².